The van der Waals surface area contributed by atoms with Crippen LogP contribution in [0.15, 0.2) is 24.5 Å². The first-order valence-electron chi connectivity index (χ1n) is 4.57. The molecule has 66 valence electrons. The van der Waals surface area contributed by atoms with Crippen LogP contribution in [0.5, 0.6) is 0 Å². The standard InChI is InChI=1S/C10H11N3/c1-2-9-10(13-6-12-9)3-7(1)8-4-11-5-8/h1-3,6,8,11H,4-5H2,(H,12,13). The summed E-state index contributed by atoms with van der Waals surface area (Å²) in [5, 5.41) is 3.28. The highest BCUT2D eigenvalue weighted by molar-refractivity contribution is 5.75. The minimum Gasteiger partial charge on any atom is -0.345 e. The fraction of sp³-hybridized carbons (Fsp3) is 0.300. The van der Waals surface area contributed by atoms with Crippen molar-refractivity contribution in [3.05, 3.63) is 30.1 Å². The first-order valence-corrected chi connectivity index (χ1v) is 4.57. The Bertz CT molecular complexity index is 428. The molecule has 2 aromatic rings. The summed E-state index contributed by atoms with van der Waals surface area (Å²) in [6.45, 7) is 2.22. The van der Waals surface area contributed by atoms with Gasteiger partial charge in [-0.3, -0.25) is 0 Å². The van der Waals surface area contributed by atoms with E-state index in [-0.39, 0.29) is 0 Å². The first kappa shape index (κ1) is 7.09. The molecule has 3 heteroatoms. The molecule has 3 nitrogen and oxygen atoms in total. The number of H-pyrrole nitrogens is 1. The number of hydrogen-bond donors (Lipinski definition) is 2. The van der Waals surface area contributed by atoms with Gasteiger partial charge in [0.1, 0.15) is 0 Å². The van der Waals surface area contributed by atoms with Gasteiger partial charge < -0.3 is 10.3 Å². The molecule has 3 rings (SSSR count). The van der Waals surface area contributed by atoms with Crippen molar-refractivity contribution in [1.29, 1.82) is 0 Å². The smallest absolute Gasteiger partial charge is 0.0931 e. The molecule has 0 saturated carbocycles. The number of fused-ring (bicyclic) bond motifs is 1. The van der Waals surface area contributed by atoms with Crippen LogP contribution in [0.1, 0.15) is 11.5 Å². The molecular formula is C10H11N3. The Morgan fingerprint density at radius 2 is 2.23 bits per heavy atom. The monoisotopic (exact) mass is 173 g/mol. The Labute approximate surface area is 76.2 Å². The van der Waals surface area contributed by atoms with Crippen LogP contribution in [0.4, 0.5) is 0 Å². The maximum absolute atomic E-state index is 4.19. The molecule has 0 spiro atoms. The van der Waals surface area contributed by atoms with Gasteiger partial charge in [-0.1, -0.05) is 6.07 Å². The van der Waals surface area contributed by atoms with E-state index < -0.39 is 0 Å². The average molecular weight is 173 g/mol. The van der Waals surface area contributed by atoms with E-state index in [1.807, 2.05) is 0 Å². The third-order valence-electron chi connectivity index (χ3n) is 2.70. The SMILES string of the molecule is c1nc2ccc(C3CNC3)cc2[nH]1. The lowest BCUT2D eigenvalue weighted by atomic mass is 9.93. The number of rotatable bonds is 1. The van der Waals surface area contributed by atoms with E-state index in [2.05, 4.69) is 33.5 Å². The van der Waals surface area contributed by atoms with Gasteiger partial charge >= 0.3 is 0 Å². The second kappa shape index (κ2) is 2.57. The number of benzene rings is 1. The molecule has 0 radical (unpaired) electrons. The van der Waals surface area contributed by atoms with Crippen LogP contribution >= 0.6 is 0 Å². The lowest BCUT2D eigenvalue weighted by Crippen LogP contribution is -2.39. The molecule has 1 fully saturated rings. The Kier molecular flexibility index (Phi) is 1.40. The van der Waals surface area contributed by atoms with Gasteiger partial charge in [-0.2, -0.15) is 0 Å². The molecule has 13 heavy (non-hydrogen) atoms. The van der Waals surface area contributed by atoms with E-state index in [0.29, 0.717) is 5.92 Å². The summed E-state index contributed by atoms with van der Waals surface area (Å²) >= 11 is 0. The molecule has 1 aliphatic heterocycles. The molecule has 0 atom stereocenters. The first-order chi connectivity index (χ1) is 6.43. The number of nitrogens with one attached hydrogen (secondary N) is 2. The van der Waals surface area contributed by atoms with Crippen LogP contribution in [0.2, 0.25) is 0 Å². The average Bonchev–Trinajstić information content (AvgIpc) is 2.47. The summed E-state index contributed by atoms with van der Waals surface area (Å²) in [5.74, 6) is 0.702. The molecule has 0 amide bonds. The zero-order valence-corrected chi connectivity index (χ0v) is 7.25. The summed E-state index contributed by atoms with van der Waals surface area (Å²) in [5.41, 5.74) is 3.61. The highest BCUT2D eigenvalue weighted by Gasteiger charge is 2.18. The Balaban J connectivity index is 2.09. The van der Waals surface area contributed by atoms with Crippen LogP contribution < -0.4 is 5.32 Å². The van der Waals surface area contributed by atoms with Gasteiger partial charge in [-0.25, -0.2) is 4.98 Å². The molecular weight excluding hydrogens is 162 g/mol. The van der Waals surface area contributed by atoms with Gasteiger partial charge in [0.2, 0.25) is 0 Å². The van der Waals surface area contributed by atoms with E-state index in [1.54, 1.807) is 6.33 Å². The normalized spacial score (nSPS) is 17.5. The number of nitrogens with zero attached hydrogens (tertiary/aromatic N) is 1. The van der Waals surface area contributed by atoms with Gasteiger partial charge in [-0.15, -0.1) is 0 Å². The quantitative estimate of drug-likeness (QED) is 0.681. The molecule has 1 aliphatic rings. The molecule has 1 saturated heterocycles. The highest BCUT2D eigenvalue weighted by atomic mass is 14.9. The van der Waals surface area contributed by atoms with Crippen molar-refractivity contribution in [2.45, 2.75) is 5.92 Å². The zero-order valence-electron chi connectivity index (χ0n) is 7.25. The van der Waals surface area contributed by atoms with Crippen molar-refractivity contribution in [2.24, 2.45) is 0 Å². The van der Waals surface area contributed by atoms with Crippen molar-refractivity contribution in [2.75, 3.05) is 13.1 Å². The predicted octanol–water partition coefficient (Wildman–Crippen LogP) is 1.25. The third-order valence-corrected chi connectivity index (χ3v) is 2.70. The maximum Gasteiger partial charge on any atom is 0.0931 e. The highest BCUT2D eigenvalue weighted by Crippen LogP contribution is 2.22. The van der Waals surface area contributed by atoms with Crippen LogP contribution in [0.25, 0.3) is 11.0 Å². The van der Waals surface area contributed by atoms with Crippen molar-refractivity contribution in [3.8, 4) is 0 Å². The molecule has 1 aromatic carbocycles. The van der Waals surface area contributed by atoms with Crippen LogP contribution in [0.3, 0.4) is 0 Å². The molecule has 2 N–H and O–H groups in total. The van der Waals surface area contributed by atoms with Crippen LogP contribution in [0, 0.1) is 0 Å². The van der Waals surface area contributed by atoms with Crippen LogP contribution in [-0.2, 0) is 0 Å². The maximum atomic E-state index is 4.19. The van der Waals surface area contributed by atoms with E-state index >= 15 is 0 Å². The summed E-state index contributed by atoms with van der Waals surface area (Å²) in [7, 11) is 0. The number of hydrogen-bond acceptors (Lipinski definition) is 2. The predicted molar refractivity (Wildman–Crippen MR) is 51.7 cm³/mol. The largest absolute Gasteiger partial charge is 0.345 e. The molecule has 2 heterocycles. The minimum atomic E-state index is 0.702. The second-order valence-electron chi connectivity index (χ2n) is 3.53. The van der Waals surface area contributed by atoms with Gasteiger partial charge in [-0.05, 0) is 17.7 Å². The topological polar surface area (TPSA) is 40.7 Å². The van der Waals surface area contributed by atoms with Gasteiger partial charge in [0.15, 0.2) is 0 Å². The number of aromatic amines is 1. The lowest BCUT2D eigenvalue weighted by molar-refractivity contribution is 0.449. The summed E-state index contributed by atoms with van der Waals surface area (Å²) < 4.78 is 0. The minimum absolute atomic E-state index is 0.702. The number of aromatic nitrogens is 2. The second-order valence-corrected chi connectivity index (χ2v) is 3.53. The molecule has 0 unspecified atom stereocenters. The van der Waals surface area contributed by atoms with Crippen molar-refractivity contribution >= 4 is 11.0 Å². The van der Waals surface area contributed by atoms with E-state index in [0.717, 1.165) is 24.1 Å². The van der Waals surface area contributed by atoms with E-state index in [9.17, 15) is 0 Å². The summed E-state index contributed by atoms with van der Waals surface area (Å²) in [6.07, 6.45) is 1.74. The van der Waals surface area contributed by atoms with Crippen molar-refractivity contribution < 1.29 is 0 Å². The number of imidazole rings is 1. The summed E-state index contributed by atoms with van der Waals surface area (Å²) in [6, 6.07) is 6.46. The van der Waals surface area contributed by atoms with E-state index in [1.165, 1.54) is 5.56 Å². The Morgan fingerprint density at radius 3 is 3.00 bits per heavy atom. The molecule has 0 aliphatic carbocycles. The van der Waals surface area contributed by atoms with Crippen molar-refractivity contribution in [3.63, 3.8) is 0 Å². The van der Waals surface area contributed by atoms with Gasteiger partial charge in [0, 0.05) is 19.0 Å². The van der Waals surface area contributed by atoms with Crippen LogP contribution in [-0.4, -0.2) is 23.1 Å². The Hall–Kier alpha value is -1.35. The molecule has 0 bridgehead atoms. The lowest BCUT2D eigenvalue weighted by Gasteiger charge is -2.27. The zero-order chi connectivity index (χ0) is 8.67. The Morgan fingerprint density at radius 1 is 1.31 bits per heavy atom. The van der Waals surface area contributed by atoms with Gasteiger partial charge in [0.25, 0.3) is 0 Å². The summed E-state index contributed by atoms with van der Waals surface area (Å²) in [4.78, 5) is 7.32. The third kappa shape index (κ3) is 1.04. The molecule has 1 aromatic heterocycles. The fourth-order valence-corrected chi connectivity index (χ4v) is 1.73. The fourth-order valence-electron chi connectivity index (χ4n) is 1.73. The van der Waals surface area contributed by atoms with Gasteiger partial charge in [0.05, 0.1) is 17.4 Å². The van der Waals surface area contributed by atoms with Crippen molar-refractivity contribution in [1.82, 2.24) is 15.3 Å². The van der Waals surface area contributed by atoms with E-state index in [4.69, 9.17) is 0 Å².